The second kappa shape index (κ2) is 5.80. The summed E-state index contributed by atoms with van der Waals surface area (Å²) in [6.07, 6.45) is 6.19. The summed E-state index contributed by atoms with van der Waals surface area (Å²) in [5.41, 5.74) is 7.64. The molecule has 2 N–H and O–H groups in total. The molecule has 0 aromatic carbocycles. The molecule has 2 unspecified atom stereocenters. The molecule has 0 saturated carbocycles. The van der Waals surface area contributed by atoms with Crippen LogP contribution in [0.2, 0.25) is 0 Å². The van der Waals surface area contributed by atoms with E-state index in [-0.39, 0.29) is 11.6 Å². The van der Waals surface area contributed by atoms with E-state index in [1.165, 1.54) is 24.3 Å². The maximum Gasteiger partial charge on any atom is 0.173 e. The molecular formula is C14H20BrNO2S. The first kappa shape index (κ1) is 14.0. The standard InChI is InChI=1S/C14H20BrNO2S/c15-13-11(2-5-17-13)12(16)10-1-6-18-14(9-10)3-7-19-8-4-14/h2,5,10,12H,1,3-4,6-9,16H2. The van der Waals surface area contributed by atoms with E-state index in [0.29, 0.717) is 5.92 Å². The van der Waals surface area contributed by atoms with E-state index in [0.717, 1.165) is 29.7 Å². The molecule has 2 atom stereocenters. The van der Waals surface area contributed by atoms with Gasteiger partial charge in [-0.05, 0) is 65.1 Å². The summed E-state index contributed by atoms with van der Waals surface area (Å²) in [7, 11) is 0. The fourth-order valence-corrected chi connectivity index (χ4v) is 5.00. The van der Waals surface area contributed by atoms with Gasteiger partial charge < -0.3 is 14.9 Å². The lowest BCUT2D eigenvalue weighted by atomic mass is 9.77. The third-order valence-electron chi connectivity index (χ3n) is 4.45. The summed E-state index contributed by atoms with van der Waals surface area (Å²) < 4.78 is 12.2. The SMILES string of the molecule is NC(c1ccoc1Br)C1CCOC2(CCSCC2)C1. The van der Waals surface area contributed by atoms with Gasteiger partial charge in [-0.3, -0.25) is 0 Å². The van der Waals surface area contributed by atoms with Gasteiger partial charge in [0.15, 0.2) is 4.67 Å². The van der Waals surface area contributed by atoms with Crippen LogP contribution in [0, 0.1) is 5.92 Å². The number of hydrogen-bond donors (Lipinski definition) is 1. The third kappa shape index (κ3) is 2.89. The number of halogens is 1. The normalized spacial score (nSPS) is 28.4. The minimum absolute atomic E-state index is 0.0449. The molecule has 2 fully saturated rings. The Bertz CT molecular complexity index is 425. The van der Waals surface area contributed by atoms with Crippen LogP contribution in [0.5, 0.6) is 0 Å². The molecule has 3 rings (SSSR count). The van der Waals surface area contributed by atoms with E-state index in [4.69, 9.17) is 14.9 Å². The van der Waals surface area contributed by atoms with Crippen molar-refractivity contribution in [1.82, 2.24) is 0 Å². The van der Waals surface area contributed by atoms with E-state index in [9.17, 15) is 0 Å². The van der Waals surface area contributed by atoms with E-state index >= 15 is 0 Å². The average molecular weight is 346 g/mol. The zero-order valence-corrected chi connectivity index (χ0v) is 13.3. The second-order valence-corrected chi connectivity index (χ2v) is 7.52. The Balaban J connectivity index is 1.72. The second-order valence-electron chi connectivity index (χ2n) is 5.57. The summed E-state index contributed by atoms with van der Waals surface area (Å²) in [6.45, 7) is 0.846. The Labute approximate surface area is 126 Å². The highest BCUT2D eigenvalue weighted by Crippen LogP contribution is 2.43. The first-order valence-electron chi connectivity index (χ1n) is 6.90. The number of nitrogens with two attached hydrogens (primary N) is 1. The van der Waals surface area contributed by atoms with Crippen molar-refractivity contribution in [3.63, 3.8) is 0 Å². The van der Waals surface area contributed by atoms with Crippen molar-refractivity contribution in [3.8, 4) is 0 Å². The number of rotatable bonds is 2. The van der Waals surface area contributed by atoms with Gasteiger partial charge in [0.05, 0.1) is 11.9 Å². The minimum Gasteiger partial charge on any atom is -0.457 e. The molecule has 3 heterocycles. The van der Waals surface area contributed by atoms with Gasteiger partial charge in [-0.1, -0.05) is 0 Å². The van der Waals surface area contributed by atoms with Crippen LogP contribution < -0.4 is 5.73 Å². The van der Waals surface area contributed by atoms with Crippen molar-refractivity contribution in [2.24, 2.45) is 11.7 Å². The summed E-state index contributed by atoms with van der Waals surface area (Å²) in [6, 6.07) is 2.02. The Kier molecular flexibility index (Phi) is 4.27. The molecule has 2 aliphatic heterocycles. The average Bonchev–Trinajstić information content (AvgIpc) is 2.85. The van der Waals surface area contributed by atoms with E-state index in [1.54, 1.807) is 6.26 Å². The number of furan rings is 1. The quantitative estimate of drug-likeness (QED) is 0.886. The molecule has 0 radical (unpaired) electrons. The predicted octanol–water partition coefficient (Wildman–Crippen LogP) is 3.73. The first-order chi connectivity index (χ1) is 9.20. The fourth-order valence-electron chi connectivity index (χ4n) is 3.26. The van der Waals surface area contributed by atoms with Crippen molar-refractivity contribution in [2.45, 2.75) is 37.3 Å². The van der Waals surface area contributed by atoms with Gasteiger partial charge in [-0.15, -0.1) is 0 Å². The number of ether oxygens (including phenoxy) is 1. The lowest BCUT2D eigenvalue weighted by Crippen LogP contribution is -2.45. The Morgan fingerprint density at radius 2 is 2.21 bits per heavy atom. The van der Waals surface area contributed by atoms with Crippen LogP contribution >= 0.6 is 27.7 Å². The van der Waals surface area contributed by atoms with Crippen molar-refractivity contribution >= 4 is 27.7 Å². The molecule has 1 aromatic rings. The highest BCUT2D eigenvalue weighted by Gasteiger charge is 2.41. The molecule has 1 spiro atoms. The Morgan fingerprint density at radius 1 is 1.42 bits per heavy atom. The summed E-state index contributed by atoms with van der Waals surface area (Å²) >= 11 is 5.48. The smallest absolute Gasteiger partial charge is 0.173 e. The van der Waals surface area contributed by atoms with Crippen LogP contribution in [0.1, 0.15) is 37.3 Å². The van der Waals surface area contributed by atoms with Gasteiger partial charge in [0, 0.05) is 18.2 Å². The third-order valence-corrected chi connectivity index (χ3v) is 6.08. The number of hydrogen-bond acceptors (Lipinski definition) is 4. The molecule has 3 nitrogen and oxygen atoms in total. The van der Waals surface area contributed by atoms with Crippen LogP contribution in [0.4, 0.5) is 0 Å². The van der Waals surface area contributed by atoms with Gasteiger partial charge in [0.25, 0.3) is 0 Å². The lowest BCUT2D eigenvalue weighted by molar-refractivity contribution is -0.105. The Morgan fingerprint density at radius 3 is 2.89 bits per heavy atom. The van der Waals surface area contributed by atoms with Crippen molar-refractivity contribution in [1.29, 1.82) is 0 Å². The largest absolute Gasteiger partial charge is 0.457 e. The molecule has 106 valence electrons. The van der Waals surface area contributed by atoms with E-state index < -0.39 is 0 Å². The molecule has 0 amide bonds. The van der Waals surface area contributed by atoms with E-state index in [2.05, 4.69) is 15.9 Å². The molecular weight excluding hydrogens is 326 g/mol. The first-order valence-corrected chi connectivity index (χ1v) is 8.85. The highest BCUT2D eigenvalue weighted by molar-refractivity contribution is 9.10. The van der Waals surface area contributed by atoms with Gasteiger partial charge in [0.1, 0.15) is 0 Å². The van der Waals surface area contributed by atoms with Crippen LogP contribution in [-0.4, -0.2) is 23.7 Å². The van der Waals surface area contributed by atoms with Crippen LogP contribution in [-0.2, 0) is 4.74 Å². The Hall–Kier alpha value is 0.0300. The van der Waals surface area contributed by atoms with Gasteiger partial charge >= 0.3 is 0 Å². The van der Waals surface area contributed by atoms with Crippen LogP contribution in [0.25, 0.3) is 0 Å². The van der Waals surface area contributed by atoms with Crippen molar-refractivity contribution in [3.05, 3.63) is 22.6 Å². The summed E-state index contributed by atoms with van der Waals surface area (Å²) in [5, 5.41) is 0. The molecule has 19 heavy (non-hydrogen) atoms. The van der Waals surface area contributed by atoms with Crippen LogP contribution in [0.3, 0.4) is 0 Å². The maximum absolute atomic E-state index is 6.45. The predicted molar refractivity (Wildman–Crippen MR) is 81.3 cm³/mol. The molecule has 0 aliphatic carbocycles. The lowest BCUT2D eigenvalue weighted by Gasteiger charge is -2.44. The van der Waals surface area contributed by atoms with Gasteiger partial charge in [-0.2, -0.15) is 11.8 Å². The molecule has 2 saturated heterocycles. The minimum atomic E-state index is 0.0449. The van der Waals surface area contributed by atoms with Gasteiger partial charge in [-0.25, -0.2) is 0 Å². The highest BCUT2D eigenvalue weighted by atomic mass is 79.9. The summed E-state index contributed by atoms with van der Waals surface area (Å²) in [5.74, 6) is 2.93. The molecule has 0 bridgehead atoms. The summed E-state index contributed by atoms with van der Waals surface area (Å²) in [4.78, 5) is 0. The van der Waals surface area contributed by atoms with E-state index in [1.807, 2.05) is 17.8 Å². The number of thioether (sulfide) groups is 1. The zero-order chi connectivity index (χ0) is 13.3. The maximum atomic E-state index is 6.45. The molecule has 5 heteroatoms. The topological polar surface area (TPSA) is 48.4 Å². The molecule has 1 aromatic heterocycles. The van der Waals surface area contributed by atoms with Crippen LogP contribution in [0.15, 0.2) is 21.4 Å². The monoisotopic (exact) mass is 345 g/mol. The zero-order valence-electron chi connectivity index (χ0n) is 10.9. The van der Waals surface area contributed by atoms with Crippen molar-refractivity contribution in [2.75, 3.05) is 18.1 Å². The van der Waals surface area contributed by atoms with Gasteiger partial charge in [0.2, 0.25) is 0 Å². The molecule has 2 aliphatic rings. The van der Waals surface area contributed by atoms with Crippen molar-refractivity contribution < 1.29 is 9.15 Å². The fraction of sp³-hybridized carbons (Fsp3) is 0.714.